The first kappa shape index (κ1) is 18.1. The Labute approximate surface area is 136 Å². The Hall–Kier alpha value is -1.98. The molecule has 1 heterocycles. The minimum Gasteiger partial charge on any atom is -0.493 e. The summed E-state index contributed by atoms with van der Waals surface area (Å²) in [5.74, 6) is 2.25. The van der Waals surface area contributed by atoms with Crippen LogP contribution in [0.2, 0.25) is 0 Å². The molecule has 0 spiro atoms. The normalized spacial score (nSPS) is 9.91. The Bertz CT molecular complexity index is 599. The van der Waals surface area contributed by atoms with Crippen molar-refractivity contribution in [3.05, 3.63) is 53.9 Å². The predicted molar refractivity (Wildman–Crippen MR) is 87.7 cm³/mol. The fraction of sp³-hybridized carbons (Fsp3) is 0.312. The summed E-state index contributed by atoms with van der Waals surface area (Å²) < 4.78 is 15.9. The van der Waals surface area contributed by atoms with Crippen LogP contribution in [0.25, 0.3) is 0 Å². The molecule has 120 valence electrons. The van der Waals surface area contributed by atoms with E-state index >= 15 is 0 Å². The lowest BCUT2D eigenvalue weighted by Crippen LogP contribution is -2.13. The standard InChI is InChI=1S/C16H20N2O3.ClH/c1-4-7-20-15-6-5-13(9-16(15)19-3)10-17-11-14-8-12(2)21-18-14;/h4-6,8-9,17H,1,7,10-11H2,2-3H3;1H. The Morgan fingerprint density at radius 2 is 2.09 bits per heavy atom. The molecule has 0 saturated heterocycles. The molecule has 0 bridgehead atoms. The third kappa shape index (κ3) is 5.09. The summed E-state index contributed by atoms with van der Waals surface area (Å²) in [6, 6.07) is 7.78. The largest absolute Gasteiger partial charge is 0.493 e. The van der Waals surface area contributed by atoms with Crippen LogP contribution < -0.4 is 14.8 Å². The maximum absolute atomic E-state index is 5.52. The quantitative estimate of drug-likeness (QED) is 0.755. The van der Waals surface area contributed by atoms with E-state index < -0.39 is 0 Å². The van der Waals surface area contributed by atoms with Gasteiger partial charge < -0.3 is 19.3 Å². The van der Waals surface area contributed by atoms with Crippen molar-refractivity contribution in [1.29, 1.82) is 0 Å². The van der Waals surface area contributed by atoms with E-state index in [0.717, 1.165) is 17.0 Å². The monoisotopic (exact) mass is 324 g/mol. The van der Waals surface area contributed by atoms with E-state index in [0.29, 0.717) is 31.2 Å². The number of ether oxygens (including phenoxy) is 2. The number of hydrogen-bond donors (Lipinski definition) is 1. The first-order valence-corrected chi connectivity index (χ1v) is 6.76. The third-order valence-corrected chi connectivity index (χ3v) is 2.90. The molecule has 0 radical (unpaired) electrons. The molecule has 6 heteroatoms. The number of nitrogens with one attached hydrogen (secondary N) is 1. The maximum atomic E-state index is 5.52. The van der Waals surface area contributed by atoms with Gasteiger partial charge in [0.2, 0.25) is 0 Å². The lowest BCUT2D eigenvalue weighted by Gasteiger charge is -2.11. The second kappa shape index (κ2) is 9.12. The highest BCUT2D eigenvalue weighted by Gasteiger charge is 2.06. The predicted octanol–water partition coefficient (Wildman–Crippen LogP) is 3.27. The van der Waals surface area contributed by atoms with Crippen LogP contribution in [-0.2, 0) is 13.1 Å². The average molecular weight is 325 g/mol. The fourth-order valence-electron chi connectivity index (χ4n) is 1.93. The summed E-state index contributed by atoms with van der Waals surface area (Å²) in [7, 11) is 1.63. The van der Waals surface area contributed by atoms with Crippen molar-refractivity contribution in [1.82, 2.24) is 10.5 Å². The Morgan fingerprint density at radius 3 is 2.73 bits per heavy atom. The van der Waals surface area contributed by atoms with Crippen LogP contribution >= 0.6 is 12.4 Å². The summed E-state index contributed by atoms with van der Waals surface area (Å²) in [5.41, 5.74) is 2.00. The van der Waals surface area contributed by atoms with Gasteiger partial charge in [0.05, 0.1) is 12.8 Å². The molecule has 1 aromatic heterocycles. The molecular weight excluding hydrogens is 304 g/mol. The van der Waals surface area contributed by atoms with E-state index in [2.05, 4.69) is 17.1 Å². The zero-order valence-electron chi connectivity index (χ0n) is 12.8. The summed E-state index contributed by atoms with van der Waals surface area (Å²) in [6.07, 6.45) is 1.70. The van der Waals surface area contributed by atoms with Gasteiger partial charge in [-0.3, -0.25) is 0 Å². The van der Waals surface area contributed by atoms with Gasteiger partial charge in [0.25, 0.3) is 0 Å². The van der Waals surface area contributed by atoms with Crippen LogP contribution in [0.15, 0.2) is 41.4 Å². The van der Waals surface area contributed by atoms with Gasteiger partial charge in [0.15, 0.2) is 11.5 Å². The van der Waals surface area contributed by atoms with E-state index in [1.54, 1.807) is 13.2 Å². The van der Waals surface area contributed by atoms with Crippen LogP contribution in [0.5, 0.6) is 11.5 Å². The van der Waals surface area contributed by atoms with Crippen LogP contribution in [-0.4, -0.2) is 18.9 Å². The molecule has 2 aromatic rings. The molecule has 0 aliphatic rings. The van der Waals surface area contributed by atoms with Gasteiger partial charge in [-0.25, -0.2) is 0 Å². The molecule has 0 aliphatic carbocycles. The Morgan fingerprint density at radius 1 is 1.27 bits per heavy atom. The second-order valence-corrected chi connectivity index (χ2v) is 4.62. The molecule has 0 amide bonds. The summed E-state index contributed by atoms with van der Waals surface area (Å²) in [4.78, 5) is 0. The molecule has 0 atom stereocenters. The smallest absolute Gasteiger partial charge is 0.161 e. The van der Waals surface area contributed by atoms with Crippen molar-refractivity contribution < 1.29 is 14.0 Å². The Kier molecular flexibility index (Phi) is 7.49. The highest BCUT2D eigenvalue weighted by atomic mass is 35.5. The second-order valence-electron chi connectivity index (χ2n) is 4.62. The summed E-state index contributed by atoms with van der Waals surface area (Å²) in [6.45, 7) is 7.34. The van der Waals surface area contributed by atoms with E-state index in [1.165, 1.54) is 0 Å². The van der Waals surface area contributed by atoms with Gasteiger partial charge in [-0.2, -0.15) is 0 Å². The SMILES string of the molecule is C=CCOc1ccc(CNCc2cc(C)on2)cc1OC.Cl. The molecule has 5 nitrogen and oxygen atoms in total. The zero-order chi connectivity index (χ0) is 15.1. The average Bonchev–Trinajstić information content (AvgIpc) is 2.91. The van der Waals surface area contributed by atoms with Crippen molar-refractivity contribution in [2.24, 2.45) is 0 Å². The Balaban J connectivity index is 0.00000242. The van der Waals surface area contributed by atoms with Gasteiger partial charge in [0.1, 0.15) is 12.4 Å². The highest BCUT2D eigenvalue weighted by molar-refractivity contribution is 5.85. The van der Waals surface area contributed by atoms with Crippen molar-refractivity contribution in [3.63, 3.8) is 0 Å². The number of aromatic nitrogens is 1. The topological polar surface area (TPSA) is 56.5 Å². The molecule has 22 heavy (non-hydrogen) atoms. The number of halogens is 1. The first-order chi connectivity index (χ1) is 10.2. The molecule has 0 fully saturated rings. The molecular formula is C16H21ClN2O3. The van der Waals surface area contributed by atoms with Gasteiger partial charge >= 0.3 is 0 Å². The minimum atomic E-state index is 0. The van der Waals surface area contributed by atoms with Crippen molar-refractivity contribution in [3.8, 4) is 11.5 Å². The summed E-state index contributed by atoms with van der Waals surface area (Å²) >= 11 is 0. The number of rotatable bonds is 8. The number of hydrogen-bond acceptors (Lipinski definition) is 5. The number of methoxy groups -OCH3 is 1. The van der Waals surface area contributed by atoms with Crippen molar-refractivity contribution in [2.45, 2.75) is 20.0 Å². The number of nitrogens with zero attached hydrogens (tertiary/aromatic N) is 1. The number of aryl methyl sites for hydroxylation is 1. The van der Waals surface area contributed by atoms with Crippen LogP contribution in [0.1, 0.15) is 17.0 Å². The highest BCUT2D eigenvalue weighted by Crippen LogP contribution is 2.28. The van der Waals surface area contributed by atoms with Gasteiger partial charge in [-0.1, -0.05) is 23.9 Å². The van der Waals surface area contributed by atoms with Crippen LogP contribution in [0.3, 0.4) is 0 Å². The summed E-state index contributed by atoms with van der Waals surface area (Å²) in [5, 5.41) is 7.25. The van der Waals surface area contributed by atoms with Crippen LogP contribution in [0.4, 0.5) is 0 Å². The minimum absolute atomic E-state index is 0. The fourth-order valence-corrected chi connectivity index (χ4v) is 1.93. The lowest BCUT2D eigenvalue weighted by molar-refractivity contribution is 0.326. The van der Waals surface area contributed by atoms with Crippen molar-refractivity contribution >= 4 is 12.4 Å². The van der Waals surface area contributed by atoms with Gasteiger partial charge in [-0.15, -0.1) is 12.4 Å². The zero-order valence-corrected chi connectivity index (χ0v) is 13.6. The molecule has 2 rings (SSSR count). The first-order valence-electron chi connectivity index (χ1n) is 6.76. The molecule has 0 saturated carbocycles. The molecule has 0 aliphatic heterocycles. The molecule has 1 N–H and O–H groups in total. The maximum Gasteiger partial charge on any atom is 0.161 e. The van der Waals surface area contributed by atoms with Gasteiger partial charge in [-0.05, 0) is 24.6 Å². The van der Waals surface area contributed by atoms with E-state index in [1.807, 2.05) is 31.2 Å². The van der Waals surface area contributed by atoms with Gasteiger partial charge in [0, 0.05) is 19.2 Å². The van der Waals surface area contributed by atoms with Crippen LogP contribution in [0, 0.1) is 6.92 Å². The molecule has 1 aromatic carbocycles. The van der Waals surface area contributed by atoms with E-state index in [4.69, 9.17) is 14.0 Å². The van der Waals surface area contributed by atoms with Crippen molar-refractivity contribution in [2.75, 3.05) is 13.7 Å². The number of benzene rings is 1. The third-order valence-electron chi connectivity index (χ3n) is 2.90. The van der Waals surface area contributed by atoms with E-state index in [-0.39, 0.29) is 12.4 Å². The lowest BCUT2D eigenvalue weighted by atomic mass is 10.2. The van der Waals surface area contributed by atoms with E-state index in [9.17, 15) is 0 Å². The molecule has 0 unspecified atom stereocenters.